The lowest BCUT2D eigenvalue weighted by Gasteiger charge is -2.12. The molecule has 3 aromatic rings. The van der Waals surface area contributed by atoms with Crippen LogP contribution < -0.4 is 14.2 Å². The molecular formula is C26H22N2O6S. The molecule has 0 radical (unpaired) electrons. The van der Waals surface area contributed by atoms with Gasteiger partial charge in [0.15, 0.2) is 17.3 Å². The van der Waals surface area contributed by atoms with Gasteiger partial charge in [0.25, 0.3) is 5.91 Å². The van der Waals surface area contributed by atoms with E-state index in [1.54, 1.807) is 36.4 Å². The van der Waals surface area contributed by atoms with Crippen LogP contribution in [0.3, 0.4) is 0 Å². The molecule has 0 spiro atoms. The smallest absolute Gasteiger partial charge is 0.339 e. The number of carbonyl (C=O) groups is 2. The minimum absolute atomic E-state index is 0.0107. The standard InChI is InChI=1S/C26H22N2O6S/c1-17-8-11-21(12-9-17)35(31,32)34-24-13-10-19(15-25(24)33-3)14-20(16-27)26(30)28-23-7-5-4-6-22(23)18(2)29/h4-15H,1-3H3,(H,28,30)/b20-14-. The molecule has 0 fully saturated rings. The van der Waals surface area contributed by atoms with Crippen LogP contribution >= 0.6 is 0 Å². The molecule has 0 atom stereocenters. The average Bonchev–Trinajstić information content (AvgIpc) is 2.83. The maximum absolute atomic E-state index is 12.7. The van der Waals surface area contributed by atoms with Crippen LogP contribution in [-0.2, 0) is 14.9 Å². The van der Waals surface area contributed by atoms with Crippen molar-refractivity contribution in [2.45, 2.75) is 18.7 Å². The first kappa shape index (κ1) is 25.2. The Morgan fingerprint density at radius 3 is 2.31 bits per heavy atom. The van der Waals surface area contributed by atoms with Crippen molar-refractivity contribution in [3.05, 3.63) is 89.0 Å². The van der Waals surface area contributed by atoms with Gasteiger partial charge in [-0.25, -0.2) is 0 Å². The van der Waals surface area contributed by atoms with Crippen molar-refractivity contribution in [3.63, 3.8) is 0 Å². The molecule has 0 saturated carbocycles. The first-order chi connectivity index (χ1) is 16.6. The second-order valence-electron chi connectivity index (χ2n) is 7.49. The summed E-state index contributed by atoms with van der Waals surface area (Å²) in [6.45, 7) is 3.21. The summed E-state index contributed by atoms with van der Waals surface area (Å²) in [6, 6.07) is 18.8. The zero-order valence-electron chi connectivity index (χ0n) is 19.2. The zero-order chi connectivity index (χ0) is 25.6. The monoisotopic (exact) mass is 490 g/mol. The number of hydrogen-bond donors (Lipinski definition) is 1. The van der Waals surface area contributed by atoms with E-state index in [4.69, 9.17) is 8.92 Å². The van der Waals surface area contributed by atoms with Crippen molar-refractivity contribution in [2.24, 2.45) is 0 Å². The quantitative estimate of drug-likeness (QED) is 0.213. The number of rotatable bonds is 8. The van der Waals surface area contributed by atoms with E-state index >= 15 is 0 Å². The molecule has 0 aliphatic heterocycles. The van der Waals surface area contributed by atoms with Gasteiger partial charge < -0.3 is 14.2 Å². The fraction of sp³-hybridized carbons (Fsp3) is 0.115. The number of ether oxygens (including phenoxy) is 1. The van der Waals surface area contributed by atoms with E-state index in [2.05, 4.69) is 5.32 Å². The van der Waals surface area contributed by atoms with Crippen LogP contribution in [0.15, 0.2) is 77.2 Å². The lowest BCUT2D eigenvalue weighted by atomic mass is 10.1. The topological polar surface area (TPSA) is 123 Å². The fourth-order valence-electron chi connectivity index (χ4n) is 3.12. The SMILES string of the molecule is COc1cc(/C=C(/C#N)C(=O)Nc2ccccc2C(C)=O)ccc1OS(=O)(=O)c1ccc(C)cc1. The third-order valence-corrected chi connectivity index (χ3v) is 6.18. The van der Waals surface area contributed by atoms with E-state index in [1.165, 1.54) is 50.4 Å². The van der Waals surface area contributed by atoms with E-state index in [-0.39, 0.29) is 33.4 Å². The Bertz CT molecular complexity index is 1450. The summed E-state index contributed by atoms with van der Waals surface area (Å²) in [5.41, 5.74) is 1.67. The highest BCUT2D eigenvalue weighted by molar-refractivity contribution is 7.87. The Balaban J connectivity index is 1.86. The van der Waals surface area contributed by atoms with Gasteiger partial charge >= 0.3 is 10.1 Å². The number of amides is 1. The molecule has 0 bridgehead atoms. The third-order valence-electron chi connectivity index (χ3n) is 4.93. The Morgan fingerprint density at radius 2 is 1.69 bits per heavy atom. The van der Waals surface area contributed by atoms with Crippen LogP contribution in [0.1, 0.15) is 28.4 Å². The highest BCUT2D eigenvalue weighted by Crippen LogP contribution is 2.31. The van der Waals surface area contributed by atoms with Gasteiger partial charge in [0.1, 0.15) is 16.5 Å². The van der Waals surface area contributed by atoms with E-state index in [0.29, 0.717) is 11.1 Å². The van der Waals surface area contributed by atoms with Crippen molar-refractivity contribution in [2.75, 3.05) is 12.4 Å². The molecule has 1 amide bonds. The number of carbonyl (C=O) groups excluding carboxylic acids is 2. The summed E-state index contributed by atoms with van der Waals surface area (Å²) in [5, 5.41) is 12.1. The predicted molar refractivity (Wildman–Crippen MR) is 131 cm³/mol. The molecule has 0 aliphatic rings. The number of ketones is 1. The number of Topliss-reactive ketones (excluding diaryl/α,β-unsaturated/α-hetero) is 1. The molecular weight excluding hydrogens is 468 g/mol. The lowest BCUT2D eigenvalue weighted by molar-refractivity contribution is -0.112. The number of anilines is 1. The molecule has 9 heteroatoms. The first-order valence-corrected chi connectivity index (χ1v) is 11.8. The fourth-order valence-corrected chi connectivity index (χ4v) is 4.06. The van der Waals surface area contributed by atoms with Gasteiger partial charge in [-0.3, -0.25) is 9.59 Å². The van der Waals surface area contributed by atoms with E-state index < -0.39 is 16.0 Å². The zero-order valence-corrected chi connectivity index (χ0v) is 20.0. The summed E-state index contributed by atoms with van der Waals surface area (Å²) in [4.78, 5) is 24.4. The molecule has 1 N–H and O–H groups in total. The van der Waals surface area contributed by atoms with Crippen molar-refractivity contribution in [1.29, 1.82) is 5.26 Å². The van der Waals surface area contributed by atoms with Crippen LogP contribution in [0.5, 0.6) is 11.5 Å². The van der Waals surface area contributed by atoms with Gasteiger partial charge in [-0.1, -0.05) is 35.9 Å². The van der Waals surface area contributed by atoms with Crippen LogP contribution in [-0.4, -0.2) is 27.2 Å². The van der Waals surface area contributed by atoms with Gasteiger partial charge in [0.2, 0.25) is 0 Å². The Hall–Kier alpha value is -4.42. The lowest BCUT2D eigenvalue weighted by Crippen LogP contribution is -2.15. The number of para-hydroxylation sites is 1. The maximum atomic E-state index is 12.7. The number of hydrogen-bond acceptors (Lipinski definition) is 7. The Labute approximate surface area is 203 Å². The van der Waals surface area contributed by atoms with Crippen molar-refractivity contribution < 1.29 is 26.9 Å². The molecule has 8 nitrogen and oxygen atoms in total. The Morgan fingerprint density at radius 1 is 1.00 bits per heavy atom. The van der Waals surface area contributed by atoms with Crippen LogP contribution in [0.4, 0.5) is 5.69 Å². The summed E-state index contributed by atoms with van der Waals surface area (Å²) >= 11 is 0. The normalized spacial score (nSPS) is 11.3. The van der Waals surface area contributed by atoms with Crippen LogP contribution in [0.25, 0.3) is 6.08 Å². The van der Waals surface area contributed by atoms with E-state index in [9.17, 15) is 23.3 Å². The van der Waals surface area contributed by atoms with E-state index in [1.807, 2.05) is 13.0 Å². The number of aryl methyl sites for hydroxylation is 1. The van der Waals surface area contributed by atoms with Crippen LogP contribution in [0, 0.1) is 18.3 Å². The second kappa shape index (κ2) is 10.7. The predicted octanol–water partition coefficient (Wildman–Crippen LogP) is 4.52. The molecule has 3 rings (SSSR count). The average molecular weight is 491 g/mol. The summed E-state index contributed by atoms with van der Waals surface area (Å²) in [5.74, 6) is -0.899. The van der Waals surface area contributed by atoms with E-state index in [0.717, 1.165) is 5.56 Å². The van der Waals surface area contributed by atoms with Crippen molar-refractivity contribution in [1.82, 2.24) is 0 Å². The molecule has 0 saturated heterocycles. The second-order valence-corrected chi connectivity index (χ2v) is 9.03. The highest BCUT2D eigenvalue weighted by atomic mass is 32.2. The number of benzene rings is 3. The van der Waals surface area contributed by atoms with Gasteiger partial charge in [-0.15, -0.1) is 0 Å². The molecule has 0 unspecified atom stereocenters. The largest absolute Gasteiger partial charge is 0.493 e. The summed E-state index contributed by atoms with van der Waals surface area (Å²) in [7, 11) is -2.76. The molecule has 0 heterocycles. The van der Waals surface area contributed by atoms with Gasteiger partial charge in [-0.2, -0.15) is 13.7 Å². The number of nitrogens with one attached hydrogen (secondary N) is 1. The summed E-state index contributed by atoms with van der Waals surface area (Å²) < 4.78 is 35.7. The van der Waals surface area contributed by atoms with Gasteiger partial charge in [0.05, 0.1) is 12.8 Å². The third kappa shape index (κ3) is 6.13. The minimum atomic E-state index is -4.10. The van der Waals surface area contributed by atoms with Crippen molar-refractivity contribution in [3.8, 4) is 17.6 Å². The molecule has 0 aliphatic carbocycles. The van der Waals surface area contributed by atoms with Crippen LogP contribution in [0.2, 0.25) is 0 Å². The first-order valence-electron chi connectivity index (χ1n) is 10.4. The maximum Gasteiger partial charge on any atom is 0.339 e. The number of methoxy groups -OCH3 is 1. The highest BCUT2D eigenvalue weighted by Gasteiger charge is 2.20. The van der Waals surface area contributed by atoms with Crippen molar-refractivity contribution >= 4 is 33.6 Å². The number of nitrogens with zero attached hydrogens (tertiary/aromatic N) is 1. The Kier molecular flexibility index (Phi) is 7.69. The number of nitriles is 1. The van der Waals surface area contributed by atoms with Gasteiger partial charge in [0, 0.05) is 5.56 Å². The minimum Gasteiger partial charge on any atom is -0.493 e. The molecule has 35 heavy (non-hydrogen) atoms. The molecule has 0 aromatic heterocycles. The van der Waals surface area contributed by atoms with Gasteiger partial charge in [-0.05, 0) is 61.9 Å². The molecule has 3 aromatic carbocycles. The molecule has 178 valence electrons. The summed E-state index contributed by atoms with van der Waals surface area (Å²) in [6.07, 6.45) is 1.31.